The molecule has 1 fully saturated rings. The summed E-state index contributed by atoms with van der Waals surface area (Å²) in [7, 11) is 0. The summed E-state index contributed by atoms with van der Waals surface area (Å²) in [5.74, 6) is -25.0. The number of alkyl halides is 11. The molecule has 0 spiro atoms. The Kier molecular flexibility index (Phi) is 4.40. The Balaban J connectivity index is 3.74. The third-order valence-corrected chi connectivity index (χ3v) is 2.52. The largest absolute Gasteiger partial charge is 0.458 e. The molecule has 0 aliphatic carbocycles. The van der Waals surface area contributed by atoms with Gasteiger partial charge in [-0.25, -0.2) is 0 Å². The van der Waals surface area contributed by atoms with E-state index in [9.17, 15) is 61.5 Å². The van der Waals surface area contributed by atoms with Crippen LogP contribution < -0.4 is 0 Å². The second kappa shape index (κ2) is 5.09. The summed E-state index contributed by atoms with van der Waals surface area (Å²) >= 11 is 0. The van der Waals surface area contributed by atoms with Crippen LogP contribution in [0.3, 0.4) is 0 Å². The van der Waals surface area contributed by atoms with Crippen LogP contribution in [0.15, 0.2) is 11.9 Å². The van der Waals surface area contributed by atoms with Crippen LogP contribution >= 0.6 is 0 Å². The molecule has 0 aromatic carbocycles. The highest BCUT2D eigenvalue weighted by Crippen LogP contribution is 2.64. The lowest BCUT2D eigenvalue weighted by molar-refractivity contribution is -0.439. The number of halogens is 14. The monoisotopic (exact) mass is 394 g/mol. The van der Waals surface area contributed by atoms with E-state index in [0.717, 1.165) is 0 Å². The Morgan fingerprint density at radius 1 is 0.667 bits per heavy atom. The summed E-state index contributed by atoms with van der Waals surface area (Å²) in [6.07, 6.45) is -25.3. The molecule has 2 unspecified atom stereocenters. The first-order chi connectivity index (χ1) is 10.3. The van der Waals surface area contributed by atoms with Crippen molar-refractivity contribution in [3.63, 3.8) is 0 Å². The van der Waals surface area contributed by atoms with E-state index in [0.29, 0.717) is 0 Å². The number of rotatable bonds is 2. The molecule has 0 bridgehead atoms. The molecule has 0 aromatic heterocycles. The van der Waals surface area contributed by atoms with Gasteiger partial charge in [0.2, 0.25) is 5.83 Å². The summed E-state index contributed by atoms with van der Waals surface area (Å²) in [5, 5.41) is 0. The molecule has 2 atom stereocenters. The highest BCUT2D eigenvalue weighted by Gasteiger charge is 2.92. The molecule has 1 aliphatic rings. The van der Waals surface area contributed by atoms with E-state index in [4.69, 9.17) is 0 Å². The summed E-state index contributed by atoms with van der Waals surface area (Å²) in [6.45, 7) is 0. The second-order valence-corrected chi connectivity index (χ2v) is 4.08. The van der Waals surface area contributed by atoms with Crippen LogP contribution in [0.1, 0.15) is 0 Å². The van der Waals surface area contributed by atoms with Gasteiger partial charge in [-0.2, -0.15) is 61.5 Å². The maximum atomic E-state index is 13.2. The van der Waals surface area contributed by atoms with Gasteiger partial charge in [-0.15, -0.1) is 0 Å². The lowest BCUT2D eigenvalue weighted by Gasteiger charge is -2.35. The van der Waals surface area contributed by atoms with Crippen molar-refractivity contribution in [1.82, 2.24) is 0 Å². The van der Waals surface area contributed by atoms with Crippen LogP contribution in [0.4, 0.5) is 61.5 Å². The molecular formula is C8F14O2. The fourth-order valence-electron chi connectivity index (χ4n) is 1.43. The minimum Gasteiger partial charge on any atom is -0.285 e. The average molecular weight is 394 g/mol. The van der Waals surface area contributed by atoms with E-state index in [1.54, 1.807) is 0 Å². The fourth-order valence-corrected chi connectivity index (χ4v) is 1.43. The van der Waals surface area contributed by atoms with Crippen molar-refractivity contribution >= 4 is 0 Å². The zero-order valence-electron chi connectivity index (χ0n) is 10.1. The van der Waals surface area contributed by atoms with Crippen molar-refractivity contribution in [2.24, 2.45) is 0 Å². The van der Waals surface area contributed by atoms with Gasteiger partial charge in [-0.05, 0) is 0 Å². The van der Waals surface area contributed by atoms with Gasteiger partial charge in [0, 0.05) is 0 Å². The van der Waals surface area contributed by atoms with Crippen LogP contribution in [0.2, 0.25) is 0 Å². The molecule has 0 saturated carbocycles. The van der Waals surface area contributed by atoms with Crippen molar-refractivity contribution in [2.75, 3.05) is 0 Å². The van der Waals surface area contributed by atoms with Gasteiger partial charge in [0.25, 0.3) is 0 Å². The van der Waals surface area contributed by atoms with Gasteiger partial charge in [-0.3, -0.25) is 9.47 Å². The highest BCUT2D eigenvalue weighted by molar-refractivity contribution is 5.17. The van der Waals surface area contributed by atoms with E-state index >= 15 is 0 Å². The number of hydrogen-bond donors (Lipinski definition) is 0. The molecule has 0 amide bonds. The highest BCUT2D eigenvalue weighted by atomic mass is 19.4. The Hall–Kier alpha value is -1.32. The molecule has 0 radical (unpaired) electrons. The lowest BCUT2D eigenvalue weighted by Crippen LogP contribution is -2.62. The summed E-state index contributed by atoms with van der Waals surface area (Å²) in [4.78, 5) is 0. The maximum absolute atomic E-state index is 13.2. The van der Waals surface area contributed by atoms with Gasteiger partial charge >= 0.3 is 42.1 Å². The van der Waals surface area contributed by atoms with Gasteiger partial charge < -0.3 is 0 Å². The van der Waals surface area contributed by atoms with Crippen LogP contribution in [0.25, 0.3) is 0 Å². The Labute approximate surface area is 120 Å². The summed E-state index contributed by atoms with van der Waals surface area (Å²) in [5.41, 5.74) is 0. The summed E-state index contributed by atoms with van der Waals surface area (Å²) < 4.78 is 180. The number of hydrogen-bond acceptors (Lipinski definition) is 2. The third-order valence-electron chi connectivity index (χ3n) is 2.52. The van der Waals surface area contributed by atoms with E-state index in [1.807, 2.05) is 4.74 Å². The van der Waals surface area contributed by atoms with Crippen LogP contribution in [0.5, 0.6) is 0 Å². The second-order valence-electron chi connectivity index (χ2n) is 4.08. The maximum Gasteiger partial charge on any atom is 0.458 e. The molecular weight excluding hydrogens is 394 g/mol. The average Bonchev–Trinajstić information content (AvgIpc) is 2.57. The van der Waals surface area contributed by atoms with Crippen LogP contribution in [0, 0.1) is 0 Å². The Bertz CT molecular complexity index is 542. The van der Waals surface area contributed by atoms with Crippen molar-refractivity contribution in [2.45, 2.75) is 36.0 Å². The van der Waals surface area contributed by atoms with E-state index in [1.165, 1.54) is 0 Å². The van der Waals surface area contributed by atoms with E-state index < -0.39 is 47.9 Å². The molecule has 1 heterocycles. The molecule has 24 heavy (non-hydrogen) atoms. The van der Waals surface area contributed by atoms with Crippen molar-refractivity contribution in [3.8, 4) is 0 Å². The van der Waals surface area contributed by atoms with Crippen molar-refractivity contribution in [1.29, 1.82) is 0 Å². The normalized spacial score (nSPS) is 31.2. The Morgan fingerprint density at radius 3 is 1.33 bits per heavy atom. The topological polar surface area (TPSA) is 18.5 Å². The SMILES string of the molecule is FC(F)=C(F)C(F)(F)C1(C(F)(F)F)OC(F)(F)C(F)(C(F)(F)F)O1. The first-order valence-corrected chi connectivity index (χ1v) is 4.96. The van der Waals surface area contributed by atoms with Gasteiger partial charge in [0.05, 0.1) is 0 Å². The van der Waals surface area contributed by atoms with Crippen molar-refractivity contribution < 1.29 is 70.9 Å². The minimum atomic E-state index is -7.22. The first kappa shape index (κ1) is 20.7. The van der Waals surface area contributed by atoms with Gasteiger partial charge in [-0.1, -0.05) is 0 Å². The van der Waals surface area contributed by atoms with Gasteiger partial charge in [0.1, 0.15) is 0 Å². The van der Waals surface area contributed by atoms with E-state index in [-0.39, 0.29) is 0 Å². The quantitative estimate of drug-likeness (QED) is 0.626. The fraction of sp³-hybridized carbons (Fsp3) is 0.750. The molecule has 0 aromatic rings. The first-order valence-electron chi connectivity index (χ1n) is 4.96. The molecule has 0 N–H and O–H groups in total. The molecule has 1 saturated heterocycles. The predicted octanol–water partition coefficient (Wildman–Crippen LogP) is 4.83. The molecule has 16 heteroatoms. The zero-order chi connectivity index (χ0) is 19.6. The standard InChI is InChI=1S/C8F14O2/c9-1(2(10)11)3(12,13)5(7(18,19)20)23-4(14,6(15,16)17)8(21,22)24-5. The minimum absolute atomic E-state index is 2.05. The molecule has 1 aliphatic heterocycles. The van der Waals surface area contributed by atoms with E-state index in [2.05, 4.69) is 4.74 Å². The molecule has 1 rings (SSSR count). The molecule has 2 nitrogen and oxygen atoms in total. The smallest absolute Gasteiger partial charge is 0.285 e. The zero-order valence-corrected chi connectivity index (χ0v) is 10.1. The summed E-state index contributed by atoms with van der Waals surface area (Å²) in [6, 6.07) is 0. The molecule has 142 valence electrons. The predicted molar refractivity (Wildman–Crippen MR) is 41.1 cm³/mol. The van der Waals surface area contributed by atoms with Crippen LogP contribution in [-0.2, 0) is 9.47 Å². The van der Waals surface area contributed by atoms with Gasteiger partial charge in [0.15, 0.2) is 0 Å². The van der Waals surface area contributed by atoms with Crippen molar-refractivity contribution in [3.05, 3.63) is 11.9 Å². The number of ether oxygens (including phenoxy) is 2. The Morgan fingerprint density at radius 2 is 1.08 bits per heavy atom. The van der Waals surface area contributed by atoms with Crippen LogP contribution in [-0.4, -0.2) is 36.0 Å². The third kappa shape index (κ3) is 2.49. The lowest BCUT2D eigenvalue weighted by atomic mass is 10.1.